The van der Waals surface area contributed by atoms with Gasteiger partial charge in [0.1, 0.15) is 5.75 Å². The van der Waals surface area contributed by atoms with Gasteiger partial charge < -0.3 is 10.2 Å². The summed E-state index contributed by atoms with van der Waals surface area (Å²) in [5, 5.41) is 19.2. The van der Waals surface area contributed by atoms with E-state index in [2.05, 4.69) is 0 Å². The van der Waals surface area contributed by atoms with Crippen molar-refractivity contribution >= 4 is 5.97 Å². The first-order chi connectivity index (χ1) is 8.62. The predicted octanol–water partition coefficient (Wildman–Crippen LogP) is 3.83. The molecule has 106 valence electrons. The van der Waals surface area contributed by atoms with E-state index >= 15 is 0 Å². The van der Waals surface area contributed by atoms with Crippen LogP contribution in [0.1, 0.15) is 63.6 Å². The van der Waals surface area contributed by atoms with Gasteiger partial charge in [-0.25, -0.2) is 0 Å². The molecule has 0 unspecified atom stereocenters. The van der Waals surface area contributed by atoms with Crippen molar-refractivity contribution in [1.82, 2.24) is 0 Å². The van der Waals surface area contributed by atoms with Crippen LogP contribution in [-0.4, -0.2) is 16.2 Å². The minimum Gasteiger partial charge on any atom is -0.507 e. The predicted molar refractivity (Wildman–Crippen MR) is 76.9 cm³/mol. The lowest BCUT2D eigenvalue weighted by Crippen LogP contribution is -2.13. The quantitative estimate of drug-likeness (QED) is 0.869. The van der Waals surface area contributed by atoms with Gasteiger partial charge in [-0.2, -0.15) is 0 Å². The summed E-state index contributed by atoms with van der Waals surface area (Å²) >= 11 is 0. The number of aliphatic carboxylic acids is 1. The van der Waals surface area contributed by atoms with E-state index in [4.69, 9.17) is 5.11 Å². The van der Waals surface area contributed by atoms with Crippen LogP contribution in [0.2, 0.25) is 0 Å². The molecule has 0 heterocycles. The number of aromatic hydroxyl groups is 1. The maximum absolute atomic E-state index is 10.7. The van der Waals surface area contributed by atoms with Crippen molar-refractivity contribution in [3.63, 3.8) is 0 Å². The largest absolute Gasteiger partial charge is 0.507 e. The molecule has 0 amide bonds. The van der Waals surface area contributed by atoms with Crippen LogP contribution in [0.25, 0.3) is 0 Å². The first-order valence-electron chi connectivity index (χ1n) is 6.71. The van der Waals surface area contributed by atoms with Gasteiger partial charge in [-0.3, -0.25) is 4.79 Å². The maximum atomic E-state index is 10.7. The summed E-state index contributed by atoms with van der Waals surface area (Å²) < 4.78 is 0. The molecule has 1 rings (SSSR count). The SMILES string of the molecule is CC(C)c1cc(CCC(=O)O)cc(C(C)(C)C)c1O. The summed E-state index contributed by atoms with van der Waals surface area (Å²) in [5.41, 5.74) is 2.60. The highest BCUT2D eigenvalue weighted by Crippen LogP contribution is 2.37. The van der Waals surface area contributed by atoms with E-state index in [0.717, 1.165) is 16.7 Å². The third kappa shape index (κ3) is 3.98. The molecular formula is C16H24O3. The van der Waals surface area contributed by atoms with Gasteiger partial charge in [0.15, 0.2) is 0 Å². The molecule has 3 nitrogen and oxygen atoms in total. The Bertz CT molecular complexity index is 468. The molecular weight excluding hydrogens is 240 g/mol. The number of carboxylic acids is 1. The van der Waals surface area contributed by atoms with Crippen molar-refractivity contribution in [2.24, 2.45) is 0 Å². The fourth-order valence-corrected chi connectivity index (χ4v) is 2.13. The van der Waals surface area contributed by atoms with Gasteiger partial charge in [-0.05, 0) is 34.4 Å². The maximum Gasteiger partial charge on any atom is 0.303 e. The van der Waals surface area contributed by atoms with E-state index in [1.54, 1.807) is 0 Å². The minimum atomic E-state index is -0.795. The third-order valence-electron chi connectivity index (χ3n) is 3.26. The van der Waals surface area contributed by atoms with Crippen molar-refractivity contribution < 1.29 is 15.0 Å². The first-order valence-corrected chi connectivity index (χ1v) is 6.71. The molecule has 0 aliphatic heterocycles. The number of phenols is 1. The van der Waals surface area contributed by atoms with E-state index in [1.165, 1.54) is 0 Å². The lowest BCUT2D eigenvalue weighted by Gasteiger charge is -2.24. The first kappa shape index (κ1) is 15.5. The Kier molecular flexibility index (Phi) is 4.61. The van der Waals surface area contributed by atoms with Crippen LogP contribution in [0.3, 0.4) is 0 Å². The van der Waals surface area contributed by atoms with Crippen molar-refractivity contribution in [3.8, 4) is 5.75 Å². The number of aryl methyl sites for hydroxylation is 1. The summed E-state index contributed by atoms with van der Waals surface area (Å²) in [6.45, 7) is 10.2. The van der Waals surface area contributed by atoms with Crippen molar-refractivity contribution in [2.75, 3.05) is 0 Å². The second-order valence-electron chi connectivity index (χ2n) is 6.38. The molecule has 2 N–H and O–H groups in total. The molecule has 0 atom stereocenters. The molecule has 19 heavy (non-hydrogen) atoms. The zero-order valence-electron chi connectivity index (χ0n) is 12.4. The summed E-state index contributed by atoms with van der Waals surface area (Å²) in [6, 6.07) is 3.86. The van der Waals surface area contributed by atoms with Crippen LogP contribution in [0.15, 0.2) is 12.1 Å². The Morgan fingerprint density at radius 1 is 1.26 bits per heavy atom. The van der Waals surface area contributed by atoms with Gasteiger partial charge in [-0.1, -0.05) is 46.8 Å². The fourth-order valence-electron chi connectivity index (χ4n) is 2.13. The average Bonchev–Trinajstić information content (AvgIpc) is 2.25. The van der Waals surface area contributed by atoms with Gasteiger partial charge in [0.25, 0.3) is 0 Å². The molecule has 1 aromatic rings. The van der Waals surface area contributed by atoms with Crippen molar-refractivity contribution in [1.29, 1.82) is 0 Å². The number of benzene rings is 1. The van der Waals surface area contributed by atoms with Crippen LogP contribution in [0.5, 0.6) is 5.75 Å². The Balaban J connectivity index is 3.27. The second kappa shape index (κ2) is 5.64. The zero-order valence-corrected chi connectivity index (χ0v) is 12.4. The molecule has 0 saturated carbocycles. The van der Waals surface area contributed by atoms with Crippen LogP contribution in [-0.2, 0) is 16.6 Å². The number of rotatable bonds is 4. The van der Waals surface area contributed by atoms with Crippen LogP contribution in [0.4, 0.5) is 0 Å². The van der Waals surface area contributed by atoms with E-state index < -0.39 is 5.97 Å². The van der Waals surface area contributed by atoms with E-state index in [0.29, 0.717) is 12.2 Å². The molecule has 0 saturated heterocycles. The number of hydrogen-bond acceptors (Lipinski definition) is 2. The smallest absolute Gasteiger partial charge is 0.303 e. The number of carboxylic acid groups (broad SMARTS) is 1. The highest BCUT2D eigenvalue weighted by atomic mass is 16.4. The molecule has 3 heteroatoms. The highest BCUT2D eigenvalue weighted by Gasteiger charge is 2.22. The molecule has 0 aliphatic carbocycles. The van der Waals surface area contributed by atoms with Crippen LogP contribution < -0.4 is 0 Å². The van der Waals surface area contributed by atoms with Gasteiger partial charge in [0, 0.05) is 6.42 Å². The van der Waals surface area contributed by atoms with Gasteiger partial charge in [-0.15, -0.1) is 0 Å². The van der Waals surface area contributed by atoms with E-state index in [1.807, 2.05) is 46.8 Å². The molecule has 1 aromatic carbocycles. The Hall–Kier alpha value is -1.51. The molecule has 0 radical (unpaired) electrons. The lowest BCUT2D eigenvalue weighted by molar-refractivity contribution is -0.136. The number of carbonyl (C=O) groups is 1. The monoisotopic (exact) mass is 264 g/mol. The van der Waals surface area contributed by atoms with E-state index in [9.17, 15) is 9.90 Å². The Morgan fingerprint density at radius 3 is 2.26 bits per heavy atom. The fraction of sp³-hybridized carbons (Fsp3) is 0.562. The number of hydrogen-bond donors (Lipinski definition) is 2. The zero-order chi connectivity index (χ0) is 14.8. The van der Waals surface area contributed by atoms with Crippen LogP contribution >= 0.6 is 0 Å². The summed E-state index contributed by atoms with van der Waals surface area (Å²) in [4.78, 5) is 10.7. The number of phenolic OH excluding ortho intramolecular Hbond substituents is 1. The minimum absolute atomic E-state index is 0.117. The summed E-state index contributed by atoms with van der Waals surface area (Å²) in [7, 11) is 0. The molecule has 0 fully saturated rings. The van der Waals surface area contributed by atoms with Crippen LogP contribution in [0, 0.1) is 0 Å². The standard InChI is InChI=1S/C16H24O3/c1-10(2)12-8-11(6-7-14(17)18)9-13(15(12)19)16(3,4)5/h8-10,19H,6-7H2,1-5H3,(H,17,18). The highest BCUT2D eigenvalue weighted by molar-refractivity contribution is 5.67. The normalized spacial score (nSPS) is 11.9. The van der Waals surface area contributed by atoms with Gasteiger partial charge in [0.05, 0.1) is 0 Å². The topological polar surface area (TPSA) is 57.5 Å². The molecule has 0 aromatic heterocycles. The van der Waals surface area contributed by atoms with Crippen molar-refractivity contribution in [3.05, 3.63) is 28.8 Å². The Morgan fingerprint density at radius 2 is 1.84 bits per heavy atom. The van der Waals surface area contributed by atoms with E-state index in [-0.39, 0.29) is 17.8 Å². The Labute approximate surface area is 115 Å². The van der Waals surface area contributed by atoms with Crippen molar-refractivity contribution in [2.45, 2.75) is 58.8 Å². The summed E-state index contributed by atoms with van der Waals surface area (Å²) in [6.07, 6.45) is 0.615. The van der Waals surface area contributed by atoms with Gasteiger partial charge in [0.2, 0.25) is 0 Å². The second-order valence-corrected chi connectivity index (χ2v) is 6.38. The lowest BCUT2D eigenvalue weighted by atomic mass is 9.82. The third-order valence-corrected chi connectivity index (χ3v) is 3.26. The molecule has 0 aliphatic rings. The molecule has 0 spiro atoms. The van der Waals surface area contributed by atoms with Gasteiger partial charge >= 0.3 is 5.97 Å². The average molecular weight is 264 g/mol. The molecule has 0 bridgehead atoms. The summed E-state index contributed by atoms with van der Waals surface area (Å²) in [5.74, 6) is -0.232.